The van der Waals surface area contributed by atoms with Crippen molar-refractivity contribution in [3.63, 3.8) is 0 Å². The maximum atomic E-state index is 11.3. The molecule has 2 heterocycles. The summed E-state index contributed by atoms with van der Waals surface area (Å²) in [6.45, 7) is 0. The molecule has 3 rings (SSSR count). The third kappa shape index (κ3) is 2.45. The Labute approximate surface area is 123 Å². The zero-order valence-electron chi connectivity index (χ0n) is 10.2. The number of amides is 1. The van der Waals surface area contributed by atoms with E-state index in [1.54, 1.807) is 17.4 Å². The molecule has 7 heteroatoms. The molecule has 0 aliphatic rings. The average Bonchev–Trinajstić information content (AvgIpc) is 2.82. The number of fused-ring (bicyclic) bond motifs is 1. The van der Waals surface area contributed by atoms with Crippen LogP contribution in [0.15, 0.2) is 45.9 Å². The Morgan fingerprint density at radius 3 is 2.85 bits per heavy atom. The van der Waals surface area contributed by atoms with Crippen molar-refractivity contribution in [3.8, 4) is 0 Å². The fourth-order valence-corrected chi connectivity index (χ4v) is 3.69. The molecule has 0 aliphatic heterocycles. The van der Waals surface area contributed by atoms with Crippen LogP contribution >= 0.6 is 23.1 Å². The average molecular weight is 302 g/mol. The van der Waals surface area contributed by atoms with Crippen LogP contribution in [0.1, 0.15) is 10.4 Å². The van der Waals surface area contributed by atoms with Gasteiger partial charge in [-0.3, -0.25) is 4.79 Å². The van der Waals surface area contributed by atoms with E-state index in [1.165, 1.54) is 18.0 Å². The predicted molar refractivity (Wildman–Crippen MR) is 80.9 cm³/mol. The summed E-state index contributed by atoms with van der Waals surface area (Å²) in [6, 6.07) is 9.49. The molecule has 0 aliphatic carbocycles. The largest absolute Gasteiger partial charge is 0.397 e. The molecule has 0 bridgehead atoms. The minimum Gasteiger partial charge on any atom is -0.397 e. The third-order valence-corrected chi connectivity index (χ3v) is 4.67. The normalized spacial score (nSPS) is 10.8. The first-order valence-electron chi connectivity index (χ1n) is 5.72. The minimum absolute atomic E-state index is 0.281. The summed E-state index contributed by atoms with van der Waals surface area (Å²) in [7, 11) is 0. The second kappa shape index (κ2) is 5.10. The smallest absolute Gasteiger partial charge is 0.250 e. The number of nitrogens with two attached hydrogens (primary N) is 2. The number of anilines is 1. The van der Waals surface area contributed by atoms with Gasteiger partial charge in [-0.25, -0.2) is 9.97 Å². The molecule has 1 aromatic carbocycles. The first-order chi connectivity index (χ1) is 9.63. The molecule has 3 aromatic rings. The van der Waals surface area contributed by atoms with Crippen molar-refractivity contribution in [2.24, 2.45) is 5.73 Å². The topological polar surface area (TPSA) is 94.9 Å². The van der Waals surface area contributed by atoms with Crippen LogP contribution in [0.4, 0.5) is 5.69 Å². The van der Waals surface area contributed by atoms with Crippen LogP contribution in [0.25, 0.3) is 10.2 Å². The van der Waals surface area contributed by atoms with E-state index in [4.69, 9.17) is 11.5 Å². The highest BCUT2D eigenvalue weighted by molar-refractivity contribution is 8.01. The van der Waals surface area contributed by atoms with Crippen molar-refractivity contribution in [2.75, 3.05) is 5.73 Å². The van der Waals surface area contributed by atoms with Crippen molar-refractivity contribution in [3.05, 3.63) is 42.1 Å². The number of rotatable bonds is 3. The summed E-state index contributed by atoms with van der Waals surface area (Å²) in [5.74, 6) is -0.559. The first kappa shape index (κ1) is 12.9. The van der Waals surface area contributed by atoms with Crippen LogP contribution in [-0.4, -0.2) is 15.9 Å². The van der Waals surface area contributed by atoms with E-state index in [2.05, 4.69) is 9.97 Å². The van der Waals surface area contributed by atoms with Crippen LogP contribution in [0, 0.1) is 0 Å². The molecular formula is C13H10N4OS2. The van der Waals surface area contributed by atoms with Gasteiger partial charge in [0.05, 0.1) is 27.7 Å². The van der Waals surface area contributed by atoms with Crippen LogP contribution in [0.3, 0.4) is 0 Å². The number of thiazole rings is 1. The Balaban J connectivity index is 1.94. The zero-order chi connectivity index (χ0) is 14.1. The van der Waals surface area contributed by atoms with Gasteiger partial charge in [0, 0.05) is 0 Å². The Morgan fingerprint density at radius 2 is 2.10 bits per heavy atom. The molecule has 2 aromatic heterocycles. The first-order valence-corrected chi connectivity index (χ1v) is 7.35. The summed E-state index contributed by atoms with van der Waals surface area (Å²) in [5.41, 5.74) is 12.4. The number of nitrogens with zero attached hydrogens (tertiary/aromatic N) is 2. The van der Waals surface area contributed by atoms with Gasteiger partial charge in [-0.05, 0) is 30.0 Å². The van der Waals surface area contributed by atoms with E-state index in [9.17, 15) is 4.79 Å². The van der Waals surface area contributed by atoms with Crippen LogP contribution in [0.2, 0.25) is 0 Å². The number of para-hydroxylation sites is 1. The maximum Gasteiger partial charge on any atom is 0.250 e. The lowest BCUT2D eigenvalue weighted by Gasteiger charge is -2.03. The summed E-state index contributed by atoms with van der Waals surface area (Å²) in [6.07, 6.45) is 1.44. The van der Waals surface area contributed by atoms with Gasteiger partial charge < -0.3 is 11.5 Å². The fraction of sp³-hybridized carbons (Fsp3) is 0. The molecule has 0 spiro atoms. The van der Waals surface area contributed by atoms with Gasteiger partial charge in [0.25, 0.3) is 5.91 Å². The SMILES string of the molecule is NC(=O)c1cc(Sc2nc3ccccc3s2)ncc1N. The van der Waals surface area contributed by atoms with Crippen molar-refractivity contribution < 1.29 is 4.79 Å². The van der Waals surface area contributed by atoms with E-state index in [-0.39, 0.29) is 11.3 Å². The van der Waals surface area contributed by atoms with Gasteiger partial charge in [-0.15, -0.1) is 11.3 Å². The highest BCUT2D eigenvalue weighted by Crippen LogP contribution is 2.34. The van der Waals surface area contributed by atoms with Gasteiger partial charge >= 0.3 is 0 Å². The van der Waals surface area contributed by atoms with Crippen LogP contribution in [-0.2, 0) is 0 Å². The van der Waals surface area contributed by atoms with Gasteiger partial charge in [-0.1, -0.05) is 12.1 Å². The quantitative estimate of drug-likeness (QED) is 0.775. The van der Waals surface area contributed by atoms with E-state index in [0.29, 0.717) is 5.03 Å². The lowest BCUT2D eigenvalue weighted by Crippen LogP contribution is -2.13. The van der Waals surface area contributed by atoms with Crippen LogP contribution in [0.5, 0.6) is 0 Å². The number of aromatic nitrogens is 2. The van der Waals surface area contributed by atoms with Gasteiger partial charge in [-0.2, -0.15) is 0 Å². The molecule has 0 fully saturated rings. The maximum absolute atomic E-state index is 11.3. The Morgan fingerprint density at radius 1 is 1.30 bits per heavy atom. The molecule has 5 nitrogen and oxygen atoms in total. The van der Waals surface area contributed by atoms with Crippen molar-refractivity contribution in [2.45, 2.75) is 9.37 Å². The Kier molecular flexibility index (Phi) is 3.29. The Bertz CT molecular complexity index is 767. The van der Waals surface area contributed by atoms with Crippen molar-refractivity contribution in [1.29, 1.82) is 0 Å². The summed E-state index contributed by atoms with van der Waals surface area (Å²) in [4.78, 5) is 19.9. The van der Waals surface area contributed by atoms with E-state index in [1.807, 2.05) is 24.3 Å². The zero-order valence-corrected chi connectivity index (χ0v) is 11.9. The summed E-state index contributed by atoms with van der Waals surface area (Å²) < 4.78 is 1.97. The minimum atomic E-state index is -0.559. The highest BCUT2D eigenvalue weighted by atomic mass is 32.2. The Hall–Kier alpha value is -2.12. The molecule has 1 amide bonds. The highest BCUT2D eigenvalue weighted by Gasteiger charge is 2.11. The van der Waals surface area contributed by atoms with Crippen LogP contribution < -0.4 is 11.5 Å². The predicted octanol–water partition coefficient (Wildman–Crippen LogP) is 2.52. The molecule has 0 radical (unpaired) electrons. The van der Waals surface area contributed by atoms with E-state index in [0.717, 1.165) is 14.6 Å². The molecule has 0 atom stereocenters. The number of hydrogen-bond donors (Lipinski definition) is 2. The number of benzene rings is 1. The fourth-order valence-electron chi connectivity index (χ4n) is 1.70. The summed E-state index contributed by atoms with van der Waals surface area (Å²) in [5, 5.41) is 0.645. The molecule has 4 N–H and O–H groups in total. The number of carbonyl (C=O) groups is 1. The van der Waals surface area contributed by atoms with Gasteiger partial charge in [0.1, 0.15) is 5.03 Å². The lowest BCUT2D eigenvalue weighted by molar-refractivity contribution is 0.100. The lowest BCUT2D eigenvalue weighted by atomic mass is 10.2. The number of hydrogen-bond acceptors (Lipinski definition) is 6. The molecule has 0 unspecified atom stereocenters. The molecule has 0 saturated carbocycles. The van der Waals surface area contributed by atoms with Gasteiger partial charge in [0.2, 0.25) is 0 Å². The molecular weight excluding hydrogens is 292 g/mol. The van der Waals surface area contributed by atoms with Crippen molar-refractivity contribution >= 4 is 44.9 Å². The van der Waals surface area contributed by atoms with E-state index >= 15 is 0 Å². The third-order valence-electron chi connectivity index (χ3n) is 2.64. The number of primary amides is 1. The molecule has 100 valence electrons. The number of pyridine rings is 1. The number of carbonyl (C=O) groups excluding carboxylic acids is 1. The van der Waals surface area contributed by atoms with E-state index < -0.39 is 5.91 Å². The summed E-state index contributed by atoms with van der Waals surface area (Å²) >= 11 is 2.96. The number of nitrogen functional groups attached to an aromatic ring is 1. The molecule has 0 saturated heterocycles. The van der Waals surface area contributed by atoms with Crippen molar-refractivity contribution in [1.82, 2.24) is 9.97 Å². The second-order valence-electron chi connectivity index (χ2n) is 4.02. The van der Waals surface area contributed by atoms with Gasteiger partial charge in [0.15, 0.2) is 4.34 Å². The standard InChI is InChI=1S/C13H10N4OS2/c14-8-6-16-11(5-7(8)12(15)18)20-13-17-9-3-1-2-4-10(9)19-13/h1-6H,14H2,(H2,15,18). The molecule has 20 heavy (non-hydrogen) atoms. The monoisotopic (exact) mass is 302 g/mol. The second-order valence-corrected chi connectivity index (χ2v) is 6.32.